The Hall–Kier alpha value is -1.13. The lowest BCUT2D eigenvalue weighted by Gasteiger charge is -2.25. The first kappa shape index (κ1) is 11.9. The fraction of sp³-hybridized carbons (Fsp3) is 0.538. The van der Waals surface area contributed by atoms with Gasteiger partial charge in [-0.25, -0.2) is 0 Å². The van der Waals surface area contributed by atoms with Crippen LogP contribution in [0, 0.1) is 0 Å². The molecular weight excluding hydrogens is 254 g/mol. The molecule has 1 unspecified atom stereocenters. The van der Waals surface area contributed by atoms with Crippen molar-refractivity contribution in [3.05, 3.63) is 16.7 Å². The van der Waals surface area contributed by atoms with Gasteiger partial charge in [0.05, 0.1) is 12.1 Å². The topological polar surface area (TPSA) is 39.7 Å². The summed E-state index contributed by atoms with van der Waals surface area (Å²) >= 11 is 6.44. The molecule has 1 aromatic rings. The maximum atomic E-state index is 6.44. The first-order valence-corrected chi connectivity index (χ1v) is 6.55. The molecule has 2 aliphatic rings. The van der Waals surface area contributed by atoms with E-state index in [-0.39, 0.29) is 0 Å². The zero-order chi connectivity index (χ0) is 12.5. The average molecular weight is 270 g/mol. The molecule has 2 heterocycles. The van der Waals surface area contributed by atoms with Crippen molar-refractivity contribution in [2.75, 3.05) is 33.4 Å². The Bertz CT molecular complexity index is 458. The maximum Gasteiger partial charge on any atom is 0.166 e. The lowest BCUT2D eigenvalue weighted by molar-refractivity contribution is 0.168. The number of ether oxygens (including phenoxy) is 3. The largest absolute Gasteiger partial charge is 0.495 e. The molecule has 1 aromatic carbocycles. The van der Waals surface area contributed by atoms with Crippen LogP contribution in [0.3, 0.4) is 0 Å². The van der Waals surface area contributed by atoms with Gasteiger partial charge >= 0.3 is 0 Å². The zero-order valence-electron chi connectivity index (χ0n) is 10.3. The molecule has 1 N–H and O–H groups in total. The highest BCUT2D eigenvalue weighted by atomic mass is 35.5. The minimum absolute atomic E-state index is 0.364. The fourth-order valence-corrected chi connectivity index (χ4v) is 2.95. The number of benzene rings is 1. The van der Waals surface area contributed by atoms with E-state index >= 15 is 0 Å². The van der Waals surface area contributed by atoms with E-state index < -0.39 is 0 Å². The minimum Gasteiger partial charge on any atom is -0.495 e. The minimum atomic E-state index is 0.364. The number of hydrogen-bond acceptors (Lipinski definition) is 4. The highest BCUT2D eigenvalue weighted by Gasteiger charge is 2.29. The number of halogens is 1. The molecule has 0 aliphatic carbocycles. The predicted molar refractivity (Wildman–Crippen MR) is 69.2 cm³/mol. The molecule has 0 aromatic heterocycles. The molecule has 98 valence electrons. The molecular formula is C13H16ClNO3. The van der Waals surface area contributed by atoms with Crippen LogP contribution in [0.4, 0.5) is 0 Å². The van der Waals surface area contributed by atoms with Crippen LogP contribution < -0.4 is 19.5 Å². The van der Waals surface area contributed by atoms with Gasteiger partial charge in [-0.3, -0.25) is 0 Å². The van der Waals surface area contributed by atoms with Gasteiger partial charge in [-0.1, -0.05) is 11.6 Å². The summed E-state index contributed by atoms with van der Waals surface area (Å²) in [5.41, 5.74) is 1.02. The molecule has 4 nitrogen and oxygen atoms in total. The van der Waals surface area contributed by atoms with Crippen molar-refractivity contribution in [2.24, 2.45) is 0 Å². The van der Waals surface area contributed by atoms with Crippen LogP contribution in [0.2, 0.25) is 5.02 Å². The van der Waals surface area contributed by atoms with Crippen molar-refractivity contribution in [1.82, 2.24) is 5.32 Å². The molecule has 1 fully saturated rings. The van der Waals surface area contributed by atoms with Crippen LogP contribution in [-0.4, -0.2) is 33.4 Å². The van der Waals surface area contributed by atoms with Crippen LogP contribution in [0.1, 0.15) is 17.9 Å². The molecule has 0 bridgehead atoms. The number of rotatable bonds is 2. The molecule has 18 heavy (non-hydrogen) atoms. The number of methoxy groups -OCH3 is 1. The Balaban J connectivity index is 2.13. The van der Waals surface area contributed by atoms with Gasteiger partial charge < -0.3 is 19.5 Å². The predicted octanol–water partition coefficient (Wildman–Crippen LogP) is 2.20. The van der Waals surface area contributed by atoms with Crippen LogP contribution >= 0.6 is 11.6 Å². The standard InChI is InChI=1S/C13H16ClNO3/c1-16-9-6-10-13(18-5-4-17-10)11(12(9)14)8-2-3-15-7-8/h6,8,15H,2-5,7H2,1H3. The smallest absolute Gasteiger partial charge is 0.166 e. The third-order valence-corrected chi connectivity index (χ3v) is 3.85. The van der Waals surface area contributed by atoms with E-state index in [9.17, 15) is 0 Å². The van der Waals surface area contributed by atoms with Crippen LogP contribution in [0.15, 0.2) is 6.07 Å². The summed E-state index contributed by atoms with van der Waals surface area (Å²) in [5.74, 6) is 2.55. The second kappa shape index (κ2) is 4.86. The van der Waals surface area contributed by atoms with Crippen molar-refractivity contribution in [3.63, 3.8) is 0 Å². The summed E-state index contributed by atoms with van der Waals surface area (Å²) in [4.78, 5) is 0. The number of nitrogens with one attached hydrogen (secondary N) is 1. The van der Waals surface area contributed by atoms with Gasteiger partial charge in [0.1, 0.15) is 19.0 Å². The second-order valence-electron chi connectivity index (χ2n) is 4.52. The van der Waals surface area contributed by atoms with Gasteiger partial charge in [0.25, 0.3) is 0 Å². The van der Waals surface area contributed by atoms with Gasteiger partial charge in [-0.15, -0.1) is 0 Å². The molecule has 3 rings (SSSR count). The van der Waals surface area contributed by atoms with Gasteiger partial charge in [0, 0.05) is 24.1 Å². The van der Waals surface area contributed by atoms with E-state index in [1.807, 2.05) is 6.07 Å². The molecule has 0 radical (unpaired) electrons. The Morgan fingerprint density at radius 1 is 1.39 bits per heavy atom. The van der Waals surface area contributed by atoms with E-state index in [1.165, 1.54) is 0 Å². The zero-order valence-corrected chi connectivity index (χ0v) is 11.0. The van der Waals surface area contributed by atoms with E-state index in [0.717, 1.165) is 36.6 Å². The van der Waals surface area contributed by atoms with E-state index in [2.05, 4.69) is 5.32 Å². The third-order valence-electron chi connectivity index (χ3n) is 3.46. The fourth-order valence-electron chi connectivity index (χ4n) is 2.58. The quantitative estimate of drug-likeness (QED) is 0.894. The molecule has 1 saturated heterocycles. The van der Waals surface area contributed by atoms with Gasteiger partial charge in [0.15, 0.2) is 11.5 Å². The van der Waals surface area contributed by atoms with Crippen molar-refractivity contribution < 1.29 is 14.2 Å². The normalized spacial score (nSPS) is 22.0. The molecule has 1 atom stereocenters. The third kappa shape index (κ3) is 1.89. The molecule has 2 aliphatic heterocycles. The van der Waals surface area contributed by atoms with Crippen LogP contribution in [0.25, 0.3) is 0 Å². The SMILES string of the molecule is COc1cc2c(c(C3CCNC3)c1Cl)OCCO2. The molecule has 0 amide bonds. The maximum absolute atomic E-state index is 6.44. The summed E-state index contributed by atoms with van der Waals surface area (Å²) in [6, 6.07) is 1.81. The number of fused-ring (bicyclic) bond motifs is 1. The first-order chi connectivity index (χ1) is 8.81. The number of hydrogen-bond donors (Lipinski definition) is 1. The van der Waals surface area contributed by atoms with Gasteiger partial charge in [0.2, 0.25) is 0 Å². The summed E-state index contributed by atoms with van der Waals surface area (Å²) in [5, 5.41) is 4.00. The van der Waals surface area contributed by atoms with Gasteiger partial charge in [-0.05, 0) is 13.0 Å². The highest BCUT2D eigenvalue weighted by Crippen LogP contribution is 2.48. The Labute approximate surface area is 111 Å². The lowest BCUT2D eigenvalue weighted by atomic mass is 9.96. The molecule has 0 saturated carbocycles. The molecule has 0 spiro atoms. The van der Waals surface area contributed by atoms with Crippen LogP contribution in [-0.2, 0) is 0 Å². The van der Waals surface area contributed by atoms with E-state index in [0.29, 0.717) is 29.9 Å². The summed E-state index contributed by atoms with van der Waals surface area (Å²) in [6.45, 7) is 3.07. The van der Waals surface area contributed by atoms with Crippen molar-refractivity contribution in [3.8, 4) is 17.2 Å². The van der Waals surface area contributed by atoms with E-state index in [1.54, 1.807) is 7.11 Å². The summed E-state index contributed by atoms with van der Waals surface area (Å²) in [7, 11) is 1.62. The van der Waals surface area contributed by atoms with Crippen molar-refractivity contribution in [1.29, 1.82) is 0 Å². The Kier molecular flexibility index (Phi) is 3.22. The van der Waals surface area contributed by atoms with E-state index in [4.69, 9.17) is 25.8 Å². The van der Waals surface area contributed by atoms with Gasteiger partial charge in [-0.2, -0.15) is 0 Å². The Morgan fingerprint density at radius 3 is 2.94 bits per heavy atom. The average Bonchev–Trinajstić information content (AvgIpc) is 2.91. The van der Waals surface area contributed by atoms with Crippen molar-refractivity contribution in [2.45, 2.75) is 12.3 Å². The summed E-state index contributed by atoms with van der Waals surface area (Å²) in [6.07, 6.45) is 1.06. The van der Waals surface area contributed by atoms with Crippen molar-refractivity contribution >= 4 is 11.6 Å². The summed E-state index contributed by atoms with van der Waals surface area (Å²) < 4.78 is 16.7. The van der Waals surface area contributed by atoms with Crippen LogP contribution in [0.5, 0.6) is 17.2 Å². The highest BCUT2D eigenvalue weighted by molar-refractivity contribution is 6.33. The monoisotopic (exact) mass is 269 g/mol. The first-order valence-electron chi connectivity index (χ1n) is 6.18. The lowest BCUT2D eigenvalue weighted by Crippen LogP contribution is -2.18. The molecule has 5 heteroatoms. The second-order valence-corrected chi connectivity index (χ2v) is 4.90. The Morgan fingerprint density at radius 2 is 2.22 bits per heavy atom.